The minimum atomic E-state index is -4.57. The number of rotatable bonds is 1. The van der Waals surface area contributed by atoms with Crippen molar-refractivity contribution in [3.05, 3.63) is 70.8 Å². The predicted octanol–water partition coefficient (Wildman–Crippen LogP) is 4.54. The molecule has 10 heteroatoms. The molecule has 2 bridgehead atoms. The summed E-state index contributed by atoms with van der Waals surface area (Å²) in [6.45, 7) is 4.51. The van der Waals surface area contributed by atoms with Crippen LogP contribution in [-0.4, -0.2) is 24.5 Å². The Labute approximate surface area is 187 Å². The Morgan fingerprint density at radius 1 is 1.12 bits per heavy atom. The third kappa shape index (κ3) is 3.71. The van der Waals surface area contributed by atoms with Gasteiger partial charge in [0.2, 0.25) is 0 Å². The van der Waals surface area contributed by atoms with E-state index in [0.29, 0.717) is 29.2 Å². The Kier molecular flexibility index (Phi) is 4.88. The molecule has 3 aromatic heterocycles. The highest BCUT2D eigenvalue weighted by atomic mass is 19.4. The second kappa shape index (κ2) is 7.65. The second-order valence-corrected chi connectivity index (χ2v) is 7.97. The number of aryl methyl sites for hydroxylation is 2. The summed E-state index contributed by atoms with van der Waals surface area (Å²) in [4.78, 5) is 4.28. The fourth-order valence-electron chi connectivity index (χ4n) is 4.11. The van der Waals surface area contributed by atoms with Crippen LogP contribution in [0.2, 0.25) is 0 Å². The van der Waals surface area contributed by atoms with E-state index in [1.807, 2.05) is 26.0 Å². The Balaban J connectivity index is 1.79. The van der Waals surface area contributed by atoms with Crippen molar-refractivity contribution in [3.63, 3.8) is 0 Å². The highest BCUT2D eigenvalue weighted by Gasteiger charge is 2.35. The molecular formula is C23H21F3N6O. The summed E-state index contributed by atoms with van der Waals surface area (Å²) in [7, 11) is 0. The van der Waals surface area contributed by atoms with E-state index in [1.54, 1.807) is 29.2 Å². The van der Waals surface area contributed by atoms with Gasteiger partial charge in [-0.25, -0.2) is 9.67 Å². The Hall–Kier alpha value is -3.82. The van der Waals surface area contributed by atoms with E-state index in [1.165, 1.54) is 4.68 Å². The first-order valence-corrected chi connectivity index (χ1v) is 10.4. The molecule has 170 valence electrons. The maximum absolute atomic E-state index is 13.6. The lowest BCUT2D eigenvalue weighted by Crippen LogP contribution is -2.12. The predicted molar refractivity (Wildman–Crippen MR) is 116 cm³/mol. The Bertz CT molecular complexity index is 1350. The first-order valence-electron chi connectivity index (χ1n) is 10.4. The van der Waals surface area contributed by atoms with Crippen molar-refractivity contribution >= 4 is 5.82 Å². The van der Waals surface area contributed by atoms with Crippen molar-refractivity contribution in [2.75, 3.05) is 5.73 Å². The molecule has 5 rings (SSSR count). The molecule has 4 aromatic rings. The molecule has 1 aliphatic rings. The summed E-state index contributed by atoms with van der Waals surface area (Å²) in [5.41, 5.74) is 9.87. The maximum Gasteiger partial charge on any atom is 0.435 e. The molecule has 1 aliphatic heterocycles. The maximum atomic E-state index is 13.6. The van der Waals surface area contributed by atoms with Crippen molar-refractivity contribution < 1.29 is 17.9 Å². The van der Waals surface area contributed by atoms with Gasteiger partial charge in [-0.15, -0.1) is 0 Å². The van der Waals surface area contributed by atoms with Crippen LogP contribution in [0.5, 0.6) is 5.75 Å². The number of nitrogens with two attached hydrogens (primary N) is 1. The number of benzene rings is 1. The lowest BCUT2D eigenvalue weighted by atomic mass is 10.0. The molecule has 2 N–H and O–H groups in total. The SMILES string of the molecule is CCn1ncc2c1-c1cnc(N)c(c1)OCc1cc(C)ccc1-n1nc(C(F)(F)F)cc1C2. The minimum absolute atomic E-state index is 0.0902. The summed E-state index contributed by atoms with van der Waals surface area (Å²) in [5.74, 6) is 0.625. The Morgan fingerprint density at radius 3 is 2.70 bits per heavy atom. The van der Waals surface area contributed by atoms with Crippen molar-refractivity contribution in [1.29, 1.82) is 0 Å². The standard InChI is InChI=1S/C23H21F3N6O/c1-3-31-21-14(11-29-31)7-17-9-20(23(24,25)26)30-32(17)18-5-4-13(2)6-16(18)12-33-19-8-15(21)10-28-22(19)27/h4-6,8-11H,3,7,12H2,1-2H3,(H2,27,28). The van der Waals surface area contributed by atoms with Crippen molar-refractivity contribution in [2.45, 2.75) is 39.6 Å². The highest BCUT2D eigenvalue weighted by molar-refractivity contribution is 5.67. The third-order valence-electron chi connectivity index (χ3n) is 5.66. The highest BCUT2D eigenvalue weighted by Crippen LogP contribution is 2.35. The zero-order valence-corrected chi connectivity index (χ0v) is 18.0. The number of fused-ring (bicyclic) bond motifs is 7. The van der Waals surface area contributed by atoms with Gasteiger partial charge in [0.1, 0.15) is 6.61 Å². The number of pyridine rings is 1. The minimum Gasteiger partial charge on any atom is -0.485 e. The monoisotopic (exact) mass is 454 g/mol. The van der Waals surface area contributed by atoms with Gasteiger partial charge in [0.25, 0.3) is 0 Å². The van der Waals surface area contributed by atoms with Crippen LogP contribution >= 0.6 is 0 Å². The van der Waals surface area contributed by atoms with Crippen molar-refractivity contribution in [3.8, 4) is 22.7 Å². The molecule has 0 amide bonds. The van der Waals surface area contributed by atoms with Crippen LogP contribution in [0.15, 0.2) is 42.7 Å². The molecule has 0 unspecified atom stereocenters. The van der Waals surface area contributed by atoms with E-state index in [9.17, 15) is 13.2 Å². The van der Waals surface area contributed by atoms with E-state index < -0.39 is 11.9 Å². The molecule has 0 spiro atoms. The number of alkyl halides is 3. The average molecular weight is 454 g/mol. The van der Waals surface area contributed by atoms with Crippen LogP contribution < -0.4 is 10.5 Å². The Morgan fingerprint density at radius 2 is 1.94 bits per heavy atom. The number of anilines is 1. The van der Waals surface area contributed by atoms with E-state index in [4.69, 9.17) is 10.5 Å². The first-order chi connectivity index (χ1) is 15.7. The fourth-order valence-corrected chi connectivity index (χ4v) is 4.11. The summed E-state index contributed by atoms with van der Waals surface area (Å²) >= 11 is 0. The molecule has 0 aliphatic carbocycles. The topological polar surface area (TPSA) is 83.8 Å². The molecular weight excluding hydrogens is 433 g/mol. The van der Waals surface area contributed by atoms with Crippen LogP contribution in [0.1, 0.15) is 35.0 Å². The molecule has 1 aromatic carbocycles. The number of ether oxygens (including phenoxy) is 1. The molecule has 0 saturated carbocycles. The van der Waals surface area contributed by atoms with E-state index in [2.05, 4.69) is 15.2 Å². The van der Waals surface area contributed by atoms with Gasteiger partial charge < -0.3 is 10.5 Å². The van der Waals surface area contributed by atoms with Gasteiger partial charge in [0, 0.05) is 41.5 Å². The number of nitrogens with zero attached hydrogens (tertiary/aromatic N) is 5. The van der Waals surface area contributed by atoms with Crippen LogP contribution in [0.3, 0.4) is 0 Å². The number of aromatic nitrogens is 5. The third-order valence-corrected chi connectivity index (χ3v) is 5.66. The summed E-state index contributed by atoms with van der Waals surface area (Å²) < 4.78 is 50.0. The van der Waals surface area contributed by atoms with E-state index in [-0.39, 0.29) is 18.8 Å². The molecule has 4 heterocycles. The van der Waals surface area contributed by atoms with Gasteiger partial charge in [-0.05, 0) is 32.0 Å². The van der Waals surface area contributed by atoms with E-state index >= 15 is 0 Å². The zero-order chi connectivity index (χ0) is 23.3. The molecule has 0 radical (unpaired) electrons. The number of hydrogen-bond donors (Lipinski definition) is 1. The normalized spacial score (nSPS) is 13.2. The van der Waals surface area contributed by atoms with Gasteiger partial charge in [-0.1, -0.05) is 17.7 Å². The van der Waals surface area contributed by atoms with Gasteiger partial charge in [-0.3, -0.25) is 4.68 Å². The van der Waals surface area contributed by atoms with Crippen LogP contribution in [0, 0.1) is 6.92 Å². The molecule has 0 atom stereocenters. The summed E-state index contributed by atoms with van der Waals surface area (Å²) in [5, 5.41) is 8.37. The smallest absolute Gasteiger partial charge is 0.435 e. The van der Waals surface area contributed by atoms with Crippen molar-refractivity contribution in [2.24, 2.45) is 0 Å². The molecule has 0 saturated heterocycles. The van der Waals surface area contributed by atoms with Gasteiger partial charge in [0.15, 0.2) is 17.3 Å². The first kappa shape index (κ1) is 21.0. The molecule has 0 fully saturated rings. The summed E-state index contributed by atoms with van der Waals surface area (Å²) in [6.07, 6.45) is -1.08. The molecule has 7 nitrogen and oxygen atoms in total. The number of nitrogen functional groups attached to an aromatic ring is 1. The zero-order valence-electron chi connectivity index (χ0n) is 18.0. The van der Waals surface area contributed by atoms with Gasteiger partial charge in [0.05, 0.1) is 17.6 Å². The number of halogens is 3. The van der Waals surface area contributed by atoms with Crippen LogP contribution in [-0.2, 0) is 25.7 Å². The lowest BCUT2D eigenvalue weighted by molar-refractivity contribution is -0.141. The quantitative estimate of drug-likeness (QED) is 0.457. The van der Waals surface area contributed by atoms with E-state index in [0.717, 1.165) is 28.5 Å². The van der Waals surface area contributed by atoms with Crippen molar-refractivity contribution in [1.82, 2.24) is 24.5 Å². The largest absolute Gasteiger partial charge is 0.485 e. The average Bonchev–Trinajstić information content (AvgIpc) is 3.37. The van der Waals surface area contributed by atoms with Crippen LogP contribution in [0.4, 0.5) is 19.0 Å². The second-order valence-electron chi connectivity index (χ2n) is 7.97. The summed E-state index contributed by atoms with van der Waals surface area (Å²) in [6, 6.07) is 8.35. The molecule has 33 heavy (non-hydrogen) atoms. The van der Waals surface area contributed by atoms with Gasteiger partial charge in [-0.2, -0.15) is 23.4 Å². The van der Waals surface area contributed by atoms with Crippen LogP contribution in [0.25, 0.3) is 16.9 Å². The number of hydrogen-bond acceptors (Lipinski definition) is 5. The lowest BCUT2D eigenvalue weighted by Gasteiger charge is -2.17. The van der Waals surface area contributed by atoms with Gasteiger partial charge >= 0.3 is 6.18 Å². The fraction of sp³-hybridized carbons (Fsp3) is 0.261.